The zero-order valence-corrected chi connectivity index (χ0v) is 12.9. The Bertz CT molecular complexity index is 14.5. The Morgan fingerprint density at radius 2 is 0.333 bits per heavy atom. The summed E-state index contributed by atoms with van der Waals surface area (Å²) in [6, 6.07) is 0. The maximum absolute atomic E-state index is 0. The van der Waals surface area contributed by atoms with Crippen LogP contribution in [-0.2, 0) is 0 Å². The fraction of sp³-hybridized carbons (Fsp3) is 0. The van der Waals surface area contributed by atoms with Crippen LogP contribution in [0, 0.1) is 120 Å². The van der Waals surface area contributed by atoms with Crippen LogP contribution in [0.25, 0.3) is 0 Å². The summed E-state index contributed by atoms with van der Waals surface area (Å²) < 4.78 is 0. The molecule has 0 bridgehead atoms. The Morgan fingerprint density at radius 1 is 0.333 bits per heavy atom. The van der Waals surface area contributed by atoms with E-state index in [0.29, 0.717) is 0 Å². The van der Waals surface area contributed by atoms with E-state index in [4.69, 9.17) is 0 Å². The molecule has 0 aliphatic rings. The predicted molar refractivity (Wildman–Crippen MR) is 0 cm³/mol. The quantitative estimate of drug-likeness (QED) is 0.236. The topological polar surface area (TPSA) is 0 Å². The summed E-state index contributed by atoms with van der Waals surface area (Å²) in [6.07, 6.45) is 0. The van der Waals surface area contributed by atoms with Gasteiger partial charge in [-0.05, 0) is 0 Å². The Kier molecular flexibility index (Phi) is 5370. The molecule has 0 aromatic rings. The van der Waals surface area contributed by atoms with Gasteiger partial charge in [-0.25, -0.2) is 0 Å². The van der Waals surface area contributed by atoms with Crippen molar-refractivity contribution in [2.75, 3.05) is 0 Å². The van der Waals surface area contributed by atoms with Gasteiger partial charge in [-0.3, -0.25) is 0 Å². The van der Waals surface area contributed by atoms with Gasteiger partial charge < -0.3 is 42.3 Å². The first-order valence-corrected chi connectivity index (χ1v) is 0. The van der Waals surface area contributed by atoms with Gasteiger partial charge in [0.15, 0.2) is 0 Å². The van der Waals surface area contributed by atoms with Crippen LogP contribution < -0.4 is 42.3 Å². The molecular formula is CeErF9Nd. The molecule has 0 spiro atoms. The number of hydrogen-bond acceptors (Lipinski definition) is 0. The van der Waals surface area contributed by atoms with Crippen LogP contribution in [0.5, 0.6) is 0 Å². The Balaban J connectivity index is 0. The Morgan fingerprint density at radius 3 is 0.333 bits per heavy atom. The summed E-state index contributed by atoms with van der Waals surface area (Å²) in [5, 5.41) is 0. The summed E-state index contributed by atoms with van der Waals surface area (Å²) in [4.78, 5) is 0. The van der Waals surface area contributed by atoms with Gasteiger partial charge in [0.2, 0.25) is 0 Å². The van der Waals surface area contributed by atoms with Gasteiger partial charge in [-0.15, -0.1) is 0 Å². The van der Waals surface area contributed by atoms with Crippen LogP contribution in [0.4, 0.5) is 0 Å². The second-order valence-electron chi connectivity index (χ2n) is 0. The maximum Gasteiger partial charge on any atom is 3.00 e. The molecule has 12 heteroatoms. The normalized spacial score (nSPS) is 0. The summed E-state index contributed by atoms with van der Waals surface area (Å²) in [6.45, 7) is 0. The molecule has 0 nitrogen and oxygen atoms in total. The number of halogens is 9. The smallest absolute Gasteiger partial charge is 1.00 e. The predicted octanol–water partition coefficient (Wildman–Crippen LogP) is -27.0. The third-order valence-corrected chi connectivity index (χ3v) is 0. The van der Waals surface area contributed by atoms with E-state index in [9.17, 15) is 0 Å². The first-order valence-electron chi connectivity index (χ1n) is 0. The molecule has 0 heterocycles. The minimum absolute atomic E-state index is 0. The van der Waals surface area contributed by atoms with E-state index in [-0.39, 0.29) is 162 Å². The zero-order chi connectivity index (χ0) is 0. The molecule has 12 heavy (non-hydrogen) atoms. The van der Waals surface area contributed by atoms with Gasteiger partial charge in [0.05, 0.1) is 0 Å². The molecule has 0 aliphatic heterocycles. The van der Waals surface area contributed by atoms with Gasteiger partial charge in [-0.1, -0.05) is 0 Å². The van der Waals surface area contributed by atoms with Crippen molar-refractivity contribution in [2.24, 2.45) is 0 Å². The molecule has 0 saturated heterocycles. The van der Waals surface area contributed by atoms with E-state index in [1.54, 1.807) is 0 Å². The first kappa shape index (κ1) is 282. The Hall–Kier alpha value is 3.34. The van der Waals surface area contributed by atoms with Crippen molar-refractivity contribution in [3.63, 3.8) is 0 Å². The molecule has 0 rings (SSSR count). The molecular weight excluding hydrogens is 623 g/mol. The van der Waals surface area contributed by atoms with Crippen LogP contribution in [0.1, 0.15) is 0 Å². The largest absolute Gasteiger partial charge is 3.00 e. The van der Waals surface area contributed by atoms with Crippen molar-refractivity contribution >= 4 is 0 Å². The average Bonchev–Trinajstić information content (AvgIpc) is 0. The van der Waals surface area contributed by atoms with Crippen molar-refractivity contribution in [3.05, 3.63) is 0 Å². The van der Waals surface area contributed by atoms with E-state index in [2.05, 4.69) is 0 Å². The molecule has 83 valence electrons. The van der Waals surface area contributed by atoms with Crippen molar-refractivity contribution in [1.82, 2.24) is 0 Å². The molecule has 3 radical (unpaired) electrons. The summed E-state index contributed by atoms with van der Waals surface area (Å²) >= 11 is 0. The third-order valence-electron chi connectivity index (χ3n) is 0. The fourth-order valence-electron chi connectivity index (χ4n) is 0. The van der Waals surface area contributed by atoms with Gasteiger partial charge in [0.1, 0.15) is 0 Å². The van der Waals surface area contributed by atoms with Gasteiger partial charge in [0.25, 0.3) is 0 Å². The first-order chi connectivity index (χ1) is 0. The van der Waals surface area contributed by atoms with E-state index in [0.717, 1.165) is 0 Å². The maximum atomic E-state index is 0. The molecule has 0 N–H and O–H groups in total. The van der Waals surface area contributed by atoms with Crippen LogP contribution in [0.2, 0.25) is 0 Å². The second-order valence-corrected chi connectivity index (χ2v) is 0. The van der Waals surface area contributed by atoms with Crippen molar-refractivity contribution in [1.29, 1.82) is 0 Å². The van der Waals surface area contributed by atoms with Gasteiger partial charge in [-0.2, -0.15) is 0 Å². The summed E-state index contributed by atoms with van der Waals surface area (Å²) in [5.74, 6) is 0. The summed E-state index contributed by atoms with van der Waals surface area (Å²) in [5.41, 5.74) is 0. The molecule has 0 atom stereocenters. The molecule has 0 aromatic heterocycles. The van der Waals surface area contributed by atoms with Gasteiger partial charge in [0, 0.05) is 0 Å². The monoisotopic (exact) mass is 619 g/mol. The summed E-state index contributed by atoms with van der Waals surface area (Å²) in [7, 11) is 0. The standard InChI is InChI=1S/Ce.Er.9FH.Nd/h;;9*1H;/q2*+3;;;;;;;;;;+3/p-9. The number of hydrogen-bond donors (Lipinski definition) is 0. The van der Waals surface area contributed by atoms with E-state index in [1.165, 1.54) is 0 Å². The van der Waals surface area contributed by atoms with E-state index in [1.807, 2.05) is 0 Å². The van der Waals surface area contributed by atoms with Crippen LogP contribution >= 0.6 is 0 Å². The van der Waals surface area contributed by atoms with E-state index >= 15 is 0 Å². The minimum atomic E-state index is 0. The second kappa shape index (κ2) is 228. The van der Waals surface area contributed by atoms with Crippen molar-refractivity contribution < 1.29 is 162 Å². The number of rotatable bonds is 0. The molecule has 0 saturated carbocycles. The van der Waals surface area contributed by atoms with Crippen molar-refractivity contribution in [2.45, 2.75) is 0 Å². The van der Waals surface area contributed by atoms with Gasteiger partial charge >= 0.3 is 120 Å². The average molecular weight is 623 g/mol. The fourth-order valence-corrected chi connectivity index (χ4v) is 0. The third kappa shape index (κ3) is 182. The Labute approximate surface area is 159 Å². The SMILES string of the molecule is [Ce+3].[Er+3].[F-].[F-].[F-].[F-].[F-].[F-].[F-].[F-].[F-].[Nd+3]. The molecule has 0 fully saturated rings. The van der Waals surface area contributed by atoms with Crippen LogP contribution in [0.15, 0.2) is 0 Å². The van der Waals surface area contributed by atoms with E-state index < -0.39 is 0 Å². The molecule has 0 aromatic carbocycles. The molecule has 0 aliphatic carbocycles. The van der Waals surface area contributed by atoms with Crippen molar-refractivity contribution in [3.8, 4) is 0 Å². The molecule has 0 amide bonds. The zero-order valence-electron chi connectivity index (χ0n) is 4.69. The van der Waals surface area contributed by atoms with Crippen LogP contribution in [0.3, 0.4) is 0 Å². The van der Waals surface area contributed by atoms with Crippen LogP contribution in [-0.4, -0.2) is 0 Å². The molecule has 0 unspecified atom stereocenters. The minimum Gasteiger partial charge on any atom is -1.00 e.